The van der Waals surface area contributed by atoms with E-state index < -0.39 is 0 Å². The van der Waals surface area contributed by atoms with E-state index in [9.17, 15) is 0 Å². The van der Waals surface area contributed by atoms with E-state index in [-0.39, 0.29) is 0 Å². The molecular weight excluding hydrogens is 280 g/mol. The molecule has 4 heteroatoms. The van der Waals surface area contributed by atoms with Gasteiger partial charge in [0.25, 0.3) is 0 Å². The van der Waals surface area contributed by atoms with Gasteiger partial charge in [-0.1, -0.05) is 13.8 Å². The summed E-state index contributed by atoms with van der Waals surface area (Å²) in [6.07, 6.45) is 2.12. The first-order valence-electron chi connectivity index (χ1n) is 7.33. The number of thiazole rings is 1. The third-order valence-corrected chi connectivity index (χ3v) is 4.64. The van der Waals surface area contributed by atoms with Crippen LogP contribution in [0.4, 0.5) is 0 Å². The molecule has 21 heavy (non-hydrogen) atoms. The van der Waals surface area contributed by atoms with Gasteiger partial charge in [0.05, 0.1) is 23.9 Å². The molecule has 0 aliphatic heterocycles. The van der Waals surface area contributed by atoms with Gasteiger partial charge in [-0.2, -0.15) is 0 Å². The van der Waals surface area contributed by atoms with Crippen LogP contribution >= 0.6 is 11.3 Å². The highest BCUT2D eigenvalue weighted by Crippen LogP contribution is 2.24. The molecule has 3 nitrogen and oxygen atoms in total. The van der Waals surface area contributed by atoms with Crippen LogP contribution in [0.15, 0.2) is 35.8 Å². The lowest BCUT2D eigenvalue weighted by Gasteiger charge is -2.05. The smallest absolute Gasteiger partial charge is 0.120 e. The van der Waals surface area contributed by atoms with Crippen molar-refractivity contribution in [2.75, 3.05) is 6.61 Å². The average molecular weight is 300 g/mol. The fourth-order valence-corrected chi connectivity index (χ4v) is 3.23. The Morgan fingerprint density at radius 1 is 1.29 bits per heavy atom. The van der Waals surface area contributed by atoms with Crippen LogP contribution < -0.4 is 4.74 Å². The predicted octanol–water partition coefficient (Wildman–Crippen LogP) is 4.67. The lowest BCUT2D eigenvalue weighted by atomic mass is 10.2. The Balaban J connectivity index is 1.86. The van der Waals surface area contributed by atoms with E-state index in [0.29, 0.717) is 12.5 Å². The molecule has 3 rings (SSSR count). The van der Waals surface area contributed by atoms with Gasteiger partial charge in [-0.15, -0.1) is 11.3 Å². The maximum atomic E-state index is 5.55. The predicted molar refractivity (Wildman–Crippen MR) is 88.4 cm³/mol. The van der Waals surface area contributed by atoms with E-state index in [4.69, 9.17) is 9.72 Å². The number of hydrogen-bond acceptors (Lipinski definition) is 3. The molecule has 0 unspecified atom stereocenters. The molecule has 3 aromatic rings. The molecule has 0 aliphatic rings. The van der Waals surface area contributed by atoms with E-state index >= 15 is 0 Å². The average Bonchev–Trinajstić information content (AvgIpc) is 3.07. The van der Waals surface area contributed by atoms with Crippen molar-refractivity contribution in [3.8, 4) is 5.75 Å². The van der Waals surface area contributed by atoms with Crippen molar-refractivity contribution in [2.24, 2.45) is 0 Å². The van der Waals surface area contributed by atoms with Crippen molar-refractivity contribution in [3.05, 3.63) is 46.5 Å². The maximum absolute atomic E-state index is 5.55. The first-order valence-corrected chi connectivity index (χ1v) is 8.21. The normalized spacial score (nSPS) is 11.4. The first kappa shape index (κ1) is 14.1. The number of ether oxygens (including phenoxy) is 1. The number of nitrogens with zero attached hydrogens (tertiary/aromatic N) is 2. The Hall–Kier alpha value is -1.81. The van der Waals surface area contributed by atoms with Gasteiger partial charge in [0, 0.05) is 28.4 Å². The lowest BCUT2D eigenvalue weighted by molar-refractivity contribution is 0.340. The molecule has 0 amide bonds. The van der Waals surface area contributed by atoms with E-state index in [1.807, 2.05) is 13.0 Å². The summed E-state index contributed by atoms with van der Waals surface area (Å²) >= 11 is 1.75. The van der Waals surface area contributed by atoms with Gasteiger partial charge in [0.1, 0.15) is 5.75 Å². The molecule has 0 saturated carbocycles. The van der Waals surface area contributed by atoms with Gasteiger partial charge in [0.15, 0.2) is 0 Å². The summed E-state index contributed by atoms with van der Waals surface area (Å²) < 4.78 is 7.79. The Morgan fingerprint density at radius 2 is 2.14 bits per heavy atom. The van der Waals surface area contributed by atoms with Crippen LogP contribution in [0.1, 0.15) is 37.4 Å². The summed E-state index contributed by atoms with van der Waals surface area (Å²) in [7, 11) is 0. The Bertz CT molecular complexity index is 742. The van der Waals surface area contributed by atoms with Gasteiger partial charge in [0.2, 0.25) is 0 Å². The van der Waals surface area contributed by atoms with Crippen LogP contribution in [0.2, 0.25) is 0 Å². The number of aromatic nitrogens is 2. The van der Waals surface area contributed by atoms with Crippen LogP contribution in [-0.4, -0.2) is 16.2 Å². The largest absolute Gasteiger partial charge is 0.494 e. The highest BCUT2D eigenvalue weighted by atomic mass is 32.1. The van der Waals surface area contributed by atoms with E-state index in [1.165, 1.54) is 15.9 Å². The SMILES string of the molecule is CCOc1ccc2c(ccn2Cc2csc(C(C)C)n2)c1. The fraction of sp³-hybridized carbons (Fsp3) is 0.353. The summed E-state index contributed by atoms with van der Waals surface area (Å²) in [5.41, 5.74) is 2.35. The van der Waals surface area contributed by atoms with Crippen molar-refractivity contribution in [1.29, 1.82) is 0 Å². The summed E-state index contributed by atoms with van der Waals surface area (Å²) in [6.45, 7) is 7.89. The standard InChI is InChI=1S/C17H20N2OS/c1-4-20-15-5-6-16-13(9-15)7-8-19(16)10-14-11-21-17(18-14)12(2)3/h5-9,11-12H,4,10H2,1-3H3. The van der Waals surface area contributed by atoms with E-state index in [2.05, 4.69) is 48.2 Å². The number of hydrogen-bond donors (Lipinski definition) is 0. The molecule has 0 N–H and O–H groups in total. The van der Waals surface area contributed by atoms with Crippen molar-refractivity contribution in [1.82, 2.24) is 9.55 Å². The van der Waals surface area contributed by atoms with Gasteiger partial charge in [-0.3, -0.25) is 0 Å². The molecule has 0 atom stereocenters. The van der Waals surface area contributed by atoms with Gasteiger partial charge >= 0.3 is 0 Å². The minimum Gasteiger partial charge on any atom is -0.494 e. The van der Waals surface area contributed by atoms with E-state index in [0.717, 1.165) is 18.0 Å². The van der Waals surface area contributed by atoms with Crippen LogP contribution in [0.25, 0.3) is 10.9 Å². The van der Waals surface area contributed by atoms with Gasteiger partial charge in [-0.05, 0) is 31.2 Å². The molecular formula is C17H20N2OS. The topological polar surface area (TPSA) is 27.1 Å². The zero-order chi connectivity index (χ0) is 14.8. The molecule has 110 valence electrons. The molecule has 0 aliphatic carbocycles. The van der Waals surface area contributed by atoms with Crippen LogP contribution in [-0.2, 0) is 6.54 Å². The number of fused-ring (bicyclic) bond motifs is 1. The van der Waals surface area contributed by atoms with Crippen LogP contribution in [0.3, 0.4) is 0 Å². The highest BCUT2D eigenvalue weighted by Gasteiger charge is 2.08. The minimum atomic E-state index is 0.499. The quantitative estimate of drug-likeness (QED) is 0.684. The number of benzene rings is 1. The maximum Gasteiger partial charge on any atom is 0.120 e. The Kier molecular flexibility index (Phi) is 3.97. The summed E-state index contributed by atoms with van der Waals surface area (Å²) in [6, 6.07) is 8.38. The molecule has 0 spiro atoms. The third kappa shape index (κ3) is 2.95. The first-order chi connectivity index (χ1) is 10.2. The molecule has 0 fully saturated rings. The van der Waals surface area contributed by atoms with Crippen LogP contribution in [0.5, 0.6) is 5.75 Å². The van der Waals surface area contributed by atoms with Crippen molar-refractivity contribution >= 4 is 22.2 Å². The van der Waals surface area contributed by atoms with Crippen molar-refractivity contribution in [3.63, 3.8) is 0 Å². The molecule has 2 aromatic heterocycles. The van der Waals surface area contributed by atoms with Crippen molar-refractivity contribution in [2.45, 2.75) is 33.2 Å². The lowest BCUT2D eigenvalue weighted by Crippen LogP contribution is -1.99. The third-order valence-electron chi connectivity index (χ3n) is 3.45. The summed E-state index contributed by atoms with van der Waals surface area (Å²) in [4.78, 5) is 4.71. The molecule has 0 radical (unpaired) electrons. The van der Waals surface area contributed by atoms with Gasteiger partial charge in [-0.25, -0.2) is 4.98 Å². The van der Waals surface area contributed by atoms with Gasteiger partial charge < -0.3 is 9.30 Å². The summed E-state index contributed by atoms with van der Waals surface area (Å²) in [5.74, 6) is 1.43. The summed E-state index contributed by atoms with van der Waals surface area (Å²) in [5, 5.41) is 4.58. The van der Waals surface area contributed by atoms with Crippen LogP contribution in [0, 0.1) is 0 Å². The fourth-order valence-electron chi connectivity index (χ4n) is 2.41. The Labute approximate surface area is 129 Å². The highest BCUT2D eigenvalue weighted by molar-refractivity contribution is 7.09. The zero-order valence-electron chi connectivity index (χ0n) is 12.7. The number of rotatable bonds is 5. The molecule has 0 bridgehead atoms. The molecule has 2 heterocycles. The second-order valence-electron chi connectivity index (χ2n) is 5.43. The second kappa shape index (κ2) is 5.90. The van der Waals surface area contributed by atoms with E-state index in [1.54, 1.807) is 11.3 Å². The monoisotopic (exact) mass is 300 g/mol. The minimum absolute atomic E-state index is 0.499. The second-order valence-corrected chi connectivity index (χ2v) is 6.32. The zero-order valence-corrected chi connectivity index (χ0v) is 13.5. The van der Waals surface area contributed by atoms with Crippen molar-refractivity contribution < 1.29 is 4.74 Å². The molecule has 0 saturated heterocycles. The Morgan fingerprint density at radius 3 is 2.86 bits per heavy atom. The molecule has 1 aromatic carbocycles.